The Bertz CT molecular complexity index is 163. The molecule has 0 saturated heterocycles. The monoisotopic (exact) mass is 154 g/mol. The van der Waals surface area contributed by atoms with E-state index in [0.717, 1.165) is 12.8 Å². The molecule has 2 N–H and O–H groups in total. The number of carbonyl (C=O) groups excluding carboxylic acids is 1. The molecule has 0 spiro atoms. The largest absolute Gasteiger partial charge is 0.335 e. The van der Waals surface area contributed by atoms with Gasteiger partial charge in [-0.1, -0.05) is 6.08 Å². The standard InChI is InChI=1S/C8H14N2O/c1-3-6(2)9-8(11)10-7-4-5-7/h3,6-7H,1,4-5H2,2H3,(H2,9,10,11). The third kappa shape index (κ3) is 3.07. The Kier molecular flexibility index (Phi) is 2.52. The minimum atomic E-state index is -0.0834. The van der Waals surface area contributed by atoms with Crippen LogP contribution in [0, 0.1) is 0 Å². The predicted molar refractivity (Wildman–Crippen MR) is 44.3 cm³/mol. The van der Waals surface area contributed by atoms with Crippen LogP contribution in [0.3, 0.4) is 0 Å². The van der Waals surface area contributed by atoms with E-state index in [4.69, 9.17) is 0 Å². The van der Waals surface area contributed by atoms with Crippen molar-refractivity contribution in [1.29, 1.82) is 0 Å². The minimum absolute atomic E-state index is 0.0498. The van der Waals surface area contributed by atoms with Gasteiger partial charge in [-0.15, -0.1) is 6.58 Å². The van der Waals surface area contributed by atoms with Crippen LogP contribution in [0.2, 0.25) is 0 Å². The Balaban J connectivity index is 2.13. The summed E-state index contributed by atoms with van der Waals surface area (Å²) in [5, 5.41) is 5.55. The van der Waals surface area contributed by atoms with Gasteiger partial charge in [0.05, 0.1) is 0 Å². The number of hydrogen-bond acceptors (Lipinski definition) is 1. The second kappa shape index (κ2) is 3.42. The highest BCUT2D eigenvalue weighted by Gasteiger charge is 2.23. The molecule has 1 saturated carbocycles. The Morgan fingerprint density at radius 2 is 2.36 bits per heavy atom. The van der Waals surface area contributed by atoms with Crippen LogP contribution in [0.5, 0.6) is 0 Å². The Morgan fingerprint density at radius 1 is 1.73 bits per heavy atom. The van der Waals surface area contributed by atoms with Gasteiger partial charge in [0.25, 0.3) is 0 Å². The molecule has 0 aromatic rings. The van der Waals surface area contributed by atoms with Gasteiger partial charge in [-0.05, 0) is 19.8 Å². The zero-order valence-corrected chi connectivity index (χ0v) is 6.76. The first-order valence-electron chi connectivity index (χ1n) is 3.92. The van der Waals surface area contributed by atoms with Gasteiger partial charge in [-0.25, -0.2) is 4.79 Å². The minimum Gasteiger partial charge on any atom is -0.335 e. The highest BCUT2D eigenvalue weighted by atomic mass is 16.2. The molecule has 62 valence electrons. The van der Waals surface area contributed by atoms with E-state index in [-0.39, 0.29) is 12.1 Å². The quantitative estimate of drug-likeness (QED) is 0.585. The molecule has 0 bridgehead atoms. The highest BCUT2D eigenvalue weighted by molar-refractivity contribution is 5.75. The maximum absolute atomic E-state index is 11.0. The van der Waals surface area contributed by atoms with Crippen LogP contribution in [0.4, 0.5) is 4.79 Å². The highest BCUT2D eigenvalue weighted by Crippen LogP contribution is 2.18. The summed E-state index contributed by atoms with van der Waals surface area (Å²) in [5.74, 6) is 0. The summed E-state index contributed by atoms with van der Waals surface area (Å²) in [5.41, 5.74) is 0. The van der Waals surface area contributed by atoms with Crippen LogP contribution < -0.4 is 10.6 Å². The van der Waals surface area contributed by atoms with E-state index in [1.165, 1.54) is 0 Å². The molecule has 1 aliphatic rings. The summed E-state index contributed by atoms with van der Waals surface area (Å²) in [7, 11) is 0. The van der Waals surface area contributed by atoms with E-state index in [0.29, 0.717) is 6.04 Å². The van der Waals surface area contributed by atoms with Crippen molar-refractivity contribution in [3.8, 4) is 0 Å². The average Bonchev–Trinajstić information content (AvgIpc) is 2.71. The summed E-state index contributed by atoms with van der Waals surface area (Å²) < 4.78 is 0. The summed E-state index contributed by atoms with van der Waals surface area (Å²) >= 11 is 0. The first-order chi connectivity index (χ1) is 5.22. The second-order valence-electron chi connectivity index (χ2n) is 2.92. The SMILES string of the molecule is C=CC(C)NC(=O)NC1CC1. The lowest BCUT2D eigenvalue weighted by Crippen LogP contribution is -2.40. The van der Waals surface area contributed by atoms with Crippen molar-refractivity contribution in [3.63, 3.8) is 0 Å². The molecule has 11 heavy (non-hydrogen) atoms. The van der Waals surface area contributed by atoms with Crippen LogP contribution in [0.15, 0.2) is 12.7 Å². The summed E-state index contributed by atoms with van der Waals surface area (Å²) in [6.07, 6.45) is 3.94. The molecule has 3 nitrogen and oxygen atoms in total. The molecule has 0 aromatic heterocycles. The molecule has 0 aliphatic heterocycles. The summed E-state index contributed by atoms with van der Waals surface area (Å²) in [6.45, 7) is 5.45. The number of nitrogens with one attached hydrogen (secondary N) is 2. The Morgan fingerprint density at radius 3 is 2.82 bits per heavy atom. The number of amides is 2. The lowest BCUT2D eigenvalue weighted by atomic mass is 10.3. The van der Waals surface area contributed by atoms with Gasteiger partial charge in [0.2, 0.25) is 0 Å². The van der Waals surface area contributed by atoms with E-state index in [1.54, 1.807) is 6.08 Å². The normalized spacial score (nSPS) is 18.6. The maximum Gasteiger partial charge on any atom is 0.315 e. The van der Waals surface area contributed by atoms with Crippen LogP contribution in [-0.2, 0) is 0 Å². The third-order valence-corrected chi connectivity index (χ3v) is 1.62. The summed E-state index contributed by atoms with van der Waals surface area (Å²) in [4.78, 5) is 11.0. The van der Waals surface area contributed by atoms with Gasteiger partial charge in [0.15, 0.2) is 0 Å². The Labute approximate surface area is 66.9 Å². The maximum atomic E-state index is 11.0. The van der Waals surface area contributed by atoms with E-state index < -0.39 is 0 Å². The molecule has 3 heteroatoms. The van der Waals surface area contributed by atoms with Crippen LogP contribution in [0.25, 0.3) is 0 Å². The number of carbonyl (C=O) groups is 1. The molecular formula is C8H14N2O. The van der Waals surface area contributed by atoms with Crippen LogP contribution >= 0.6 is 0 Å². The molecule has 0 radical (unpaired) electrons. The zero-order valence-electron chi connectivity index (χ0n) is 6.76. The van der Waals surface area contributed by atoms with Gasteiger partial charge in [0, 0.05) is 12.1 Å². The molecule has 1 aliphatic carbocycles. The topological polar surface area (TPSA) is 41.1 Å². The molecule has 2 amide bonds. The van der Waals surface area contributed by atoms with Crippen LogP contribution in [0.1, 0.15) is 19.8 Å². The molecule has 1 atom stereocenters. The van der Waals surface area contributed by atoms with E-state index in [9.17, 15) is 4.79 Å². The molecule has 1 unspecified atom stereocenters. The van der Waals surface area contributed by atoms with Crippen molar-refractivity contribution in [1.82, 2.24) is 10.6 Å². The molecule has 0 heterocycles. The van der Waals surface area contributed by atoms with Crippen molar-refractivity contribution in [2.45, 2.75) is 31.8 Å². The number of hydrogen-bond donors (Lipinski definition) is 2. The molecule has 0 aromatic carbocycles. The lowest BCUT2D eigenvalue weighted by Gasteiger charge is -2.09. The first kappa shape index (κ1) is 8.11. The van der Waals surface area contributed by atoms with E-state index >= 15 is 0 Å². The fourth-order valence-corrected chi connectivity index (χ4v) is 0.720. The van der Waals surface area contributed by atoms with Crippen molar-refractivity contribution in [2.24, 2.45) is 0 Å². The van der Waals surface area contributed by atoms with Gasteiger partial charge in [-0.2, -0.15) is 0 Å². The average molecular weight is 154 g/mol. The number of urea groups is 1. The van der Waals surface area contributed by atoms with Crippen LogP contribution in [-0.4, -0.2) is 18.1 Å². The molecular weight excluding hydrogens is 140 g/mol. The first-order valence-corrected chi connectivity index (χ1v) is 3.92. The summed E-state index contributed by atoms with van der Waals surface area (Å²) in [6, 6.07) is 0.390. The van der Waals surface area contributed by atoms with Gasteiger partial charge in [0.1, 0.15) is 0 Å². The van der Waals surface area contributed by atoms with E-state index in [2.05, 4.69) is 17.2 Å². The fraction of sp³-hybridized carbons (Fsp3) is 0.625. The predicted octanol–water partition coefficient (Wildman–Crippen LogP) is 1.02. The number of rotatable bonds is 3. The van der Waals surface area contributed by atoms with E-state index in [1.807, 2.05) is 6.92 Å². The lowest BCUT2D eigenvalue weighted by molar-refractivity contribution is 0.239. The van der Waals surface area contributed by atoms with Crippen molar-refractivity contribution < 1.29 is 4.79 Å². The van der Waals surface area contributed by atoms with Crippen molar-refractivity contribution >= 4 is 6.03 Å². The van der Waals surface area contributed by atoms with Gasteiger partial charge >= 0.3 is 6.03 Å². The Hall–Kier alpha value is -0.990. The van der Waals surface area contributed by atoms with Crippen molar-refractivity contribution in [3.05, 3.63) is 12.7 Å². The zero-order chi connectivity index (χ0) is 8.27. The van der Waals surface area contributed by atoms with Crippen molar-refractivity contribution in [2.75, 3.05) is 0 Å². The molecule has 1 fully saturated rings. The third-order valence-electron chi connectivity index (χ3n) is 1.62. The van der Waals surface area contributed by atoms with Gasteiger partial charge in [-0.3, -0.25) is 0 Å². The molecule has 1 rings (SSSR count). The smallest absolute Gasteiger partial charge is 0.315 e. The second-order valence-corrected chi connectivity index (χ2v) is 2.92. The fourth-order valence-electron chi connectivity index (χ4n) is 0.720. The van der Waals surface area contributed by atoms with Gasteiger partial charge < -0.3 is 10.6 Å².